The number of imidazole rings is 2. The number of rotatable bonds is 7. The summed E-state index contributed by atoms with van der Waals surface area (Å²) in [5, 5.41) is 3.49. The van der Waals surface area contributed by atoms with E-state index >= 15 is 0 Å². The Bertz CT molecular complexity index is 1720. The van der Waals surface area contributed by atoms with Gasteiger partial charge in [-0.3, -0.25) is 9.59 Å². The molecule has 0 amide bonds. The van der Waals surface area contributed by atoms with Crippen LogP contribution in [0, 0.1) is 0 Å². The van der Waals surface area contributed by atoms with Crippen LogP contribution in [0.15, 0.2) is 73.1 Å². The van der Waals surface area contributed by atoms with E-state index in [0.29, 0.717) is 11.1 Å². The van der Waals surface area contributed by atoms with Crippen LogP contribution < -0.4 is 11.1 Å². The first kappa shape index (κ1) is 22.0. The van der Waals surface area contributed by atoms with Crippen LogP contribution in [0.25, 0.3) is 53.8 Å². The summed E-state index contributed by atoms with van der Waals surface area (Å²) in [6.45, 7) is 0. The van der Waals surface area contributed by atoms with E-state index in [2.05, 4.69) is 80.6 Å². The van der Waals surface area contributed by atoms with Crippen molar-refractivity contribution >= 4 is 72.5 Å². The quantitative estimate of drug-likeness (QED) is 0.219. The van der Waals surface area contributed by atoms with Gasteiger partial charge >= 0.3 is 0 Å². The molecule has 6 rings (SSSR count). The number of aromatic amines is 2. The van der Waals surface area contributed by atoms with Gasteiger partial charge in [0.15, 0.2) is 0 Å². The highest BCUT2D eigenvalue weighted by molar-refractivity contribution is 7.62. The standard InChI is InChI=1S/C26H18N4O2P2S/c31-13-33-25-27-11-21(29-25)19-5-3-15-7-16(1-2-17(15)8-19)18-4-6-20-10-24(35-23(20)9-18)22-12-28-26(30-22)34-14-32/h1-14,33-34H,(H,27,29)(H,28,30). The molecule has 3 aromatic carbocycles. The Morgan fingerprint density at radius 2 is 1.23 bits per heavy atom. The fourth-order valence-electron chi connectivity index (χ4n) is 4.11. The monoisotopic (exact) mass is 512 g/mol. The summed E-state index contributed by atoms with van der Waals surface area (Å²) in [6.07, 6.45) is 3.57. The van der Waals surface area contributed by atoms with Gasteiger partial charge in [-0.05, 0) is 51.6 Å². The van der Waals surface area contributed by atoms with E-state index in [0.717, 1.165) is 55.8 Å². The van der Waals surface area contributed by atoms with Crippen molar-refractivity contribution in [2.75, 3.05) is 0 Å². The summed E-state index contributed by atoms with van der Waals surface area (Å²) in [6, 6.07) is 23.3. The summed E-state index contributed by atoms with van der Waals surface area (Å²) < 4.78 is 1.20. The zero-order chi connectivity index (χ0) is 23.8. The summed E-state index contributed by atoms with van der Waals surface area (Å²) in [5.74, 6) is 0. The number of carbonyl (C=O) groups excluding carboxylic acids is 2. The minimum Gasteiger partial charge on any atom is -0.338 e. The zero-order valence-corrected chi connectivity index (χ0v) is 21.0. The van der Waals surface area contributed by atoms with E-state index in [1.807, 2.05) is 0 Å². The Kier molecular flexibility index (Phi) is 5.83. The Hall–Kier alpha value is -3.50. The third-order valence-corrected chi connectivity index (χ3v) is 8.23. The molecule has 0 bridgehead atoms. The highest BCUT2D eigenvalue weighted by atomic mass is 32.1. The number of carbonyl (C=O) groups is 2. The molecule has 6 nitrogen and oxygen atoms in total. The Balaban J connectivity index is 1.31. The Morgan fingerprint density at radius 1 is 0.657 bits per heavy atom. The molecule has 0 aliphatic rings. The van der Waals surface area contributed by atoms with Gasteiger partial charge in [-0.15, -0.1) is 11.3 Å². The van der Waals surface area contributed by atoms with Gasteiger partial charge in [-0.2, -0.15) is 0 Å². The lowest BCUT2D eigenvalue weighted by Gasteiger charge is -2.06. The SMILES string of the molecule is O=CPc1ncc(-c2ccc3cc(-c4ccc5cc(-c6cnc(PC=O)[nH]6)sc5c4)ccc3c2)[nH]1. The molecule has 0 saturated heterocycles. The Labute approximate surface area is 207 Å². The maximum atomic E-state index is 10.8. The molecule has 2 atom stereocenters. The number of nitrogens with one attached hydrogen (secondary N) is 2. The molecule has 2 N–H and O–H groups in total. The number of H-pyrrole nitrogens is 2. The van der Waals surface area contributed by atoms with Crippen molar-refractivity contribution in [3.63, 3.8) is 0 Å². The summed E-state index contributed by atoms with van der Waals surface area (Å²) >= 11 is 1.71. The van der Waals surface area contributed by atoms with Crippen molar-refractivity contribution in [3.8, 4) is 33.0 Å². The third kappa shape index (κ3) is 4.35. The van der Waals surface area contributed by atoms with Crippen LogP contribution in [0.1, 0.15) is 0 Å². The molecular weight excluding hydrogens is 494 g/mol. The molecule has 0 aliphatic heterocycles. The lowest BCUT2D eigenvalue weighted by molar-refractivity contribution is 0.569. The number of fused-ring (bicyclic) bond motifs is 2. The summed E-state index contributed by atoms with van der Waals surface area (Å²) in [4.78, 5) is 37.6. The number of hydrogen-bond acceptors (Lipinski definition) is 5. The van der Waals surface area contributed by atoms with Crippen molar-refractivity contribution in [3.05, 3.63) is 73.1 Å². The maximum absolute atomic E-state index is 10.8. The van der Waals surface area contributed by atoms with Gasteiger partial charge in [0.2, 0.25) is 0 Å². The smallest absolute Gasteiger partial charge is 0.146 e. The number of nitrogens with zero attached hydrogens (tertiary/aromatic N) is 2. The van der Waals surface area contributed by atoms with E-state index in [1.54, 1.807) is 23.7 Å². The van der Waals surface area contributed by atoms with E-state index < -0.39 is 0 Å². The normalized spacial score (nSPS) is 12.0. The number of hydrogen-bond donors (Lipinski definition) is 2. The molecular formula is C26H18N4O2P2S. The molecule has 0 radical (unpaired) electrons. The number of thiophene rings is 1. The average Bonchev–Trinajstić information content (AvgIpc) is 3.63. The molecule has 3 aromatic heterocycles. The summed E-state index contributed by atoms with van der Waals surface area (Å²) in [5.41, 5.74) is 6.63. The fraction of sp³-hybridized carbons (Fsp3) is 0. The van der Waals surface area contributed by atoms with Crippen molar-refractivity contribution in [1.29, 1.82) is 0 Å². The van der Waals surface area contributed by atoms with E-state index in [-0.39, 0.29) is 17.2 Å². The number of benzene rings is 3. The van der Waals surface area contributed by atoms with Gasteiger partial charge in [-0.1, -0.05) is 36.4 Å². The highest BCUT2D eigenvalue weighted by Gasteiger charge is 2.10. The molecule has 9 heteroatoms. The molecule has 0 spiro atoms. The van der Waals surface area contributed by atoms with Gasteiger partial charge < -0.3 is 9.97 Å². The molecule has 170 valence electrons. The van der Waals surface area contributed by atoms with Crippen molar-refractivity contribution < 1.29 is 9.59 Å². The van der Waals surface area contributed by atoms with Crippen molar-refractivity contribution in [2.45, 2.75) is 0 Å². The number of aromatic nitrogens is 4. The van der Waals surface area contributed by atoms with Gasteiger partial charge in [0, 0.05) is 27.4 Å². The first-order chi connectivity index (χ1) is 17.2. The van der Waals surface area contributed by atoms with E-state index in [4.69, 9.17) is 0 Å². The molecule has 35 heavy (non-hydrogen) atoms. The van der Waals surface area contributed by atoms with Crippen LogP contribution in [0.5, 0.6) is 0 Å². The van der Waals surface area contributed by atoms with Gasteiger partial charge in [0.1, 0.15) is 23.2 Å². The van der Waals surface area contributed by atoms with Crippen LogP contribution in [0.4, 0.5) is 0 Å². The van der Waals surface area contributed by atoms with Crippen LogP contribution in [-0.2, 0) is 9.59 Å². The molecule has 0 saturated carbocycles. The van der Waals surface area contributed by atoms with E-state index in [1.165, 1.54) is 10.1 Å². The van der Waals surface area contributed by atoms with Gasteiger partial charge in [0.05, 0.1) is 28.7 Å². The predicted molar refractivity (Wildman–Crippen MR) is 149 cm³/mol. The van der Waals surface area contributed by atoms with Crippen LogP contribution in [0.3, 0.4) is 0 Å². The van der Waals surface area contributed by atoms with Crippen LogP contribution in [0.2, 0.25) is 0 Å². The summed E-state index contributed by atoms with van der Waals surface area (Å²) in [7, 11) is 0.0839. The zero-order valence-electron chi connectivity index (χ0n) is 18.2. The molecule has 6 aromatic rings. The highest BCUT2D eigenvalue weighted by Crippen LogP contribution is 2.36. The molecule has 0 fully saturated rings. The van der Waals surface area contributed by atoms with Crippen LogP contribution >= 0.6 is 28.5 Å². The largest absolute Gasteiger partial charge is 0.338 e. The van der Waals surface area contributed by atoms with Crippen molar-refractivity contribution in [1.82, 2.24) is 19.9 Å². The third-order valence-electron chi connectivity index (χ3n) is 5.81. The second-order valence-electron chi connectivity index (χ2n) is 7.96. The molecule has 2 unspecified atom stereocenters. The minimum atomic E-state index is 0.0394. The topological polar surface area (TPSA) is 91.5 Å². The lowest BCUT2D eigenvalue weighted by Crippen LogP contribution is -1.97. The second-order valence-corrected chi connectivity index (χ2v) is 11.0. The Morgan fingerprint density at radius 3 is 1.94 bits per heavy atom. The lowest BCUT2D eigenvalue weighted by atomic mass is 9.99. The predicted octanol–water partition coefficient (Wildman–Crippen LogP) is 5.49. The van der Waals surface area contributed by atoms with E-state index in [9.17, 15) is 9.59 Å². The molecule has 0 aliphatic carbocycles. The first-order valence-electron chi connectivity index (χ1n) is 10.8. The molecule has 3 heterocycles. The van der Waals surface area contributed by atoms with Gasteiger partial charge in [-0.25, -0.2) is 9.97 Å². The van der Waals surface area contributed by atoms with Gasteiger partial charge in [0.25, 0.3) is 0 Å². The first-order valence-corrected chi connectivity index (χ1v) is 13.8. The average molecular weight is 512 g/mol. The fourth-order valence-corrected chi connectivity index (χ4v) is 6.09. The van der Waals surface area contributed by atoms with Crippen LogP contribution in [-0.4, -0.2) is 32.0 Å². The maximum Gasteiger partial charge on any atom is 0.146 e. The van der Waals surface area contributed by atoms with Crippen molar-refractivity contribution in [2.24, 2.45) is 0 Å². The second kappa shape index (κ2) is 9.27. The minimum absolute atomic E-state index is 0.0394.